The van der Waals surface area contributed by atoms with E-state index in [-0.39, 0.29) is 6.04 Å². The third kappa shape index (κ3) is 3.10. The molecule has 2 aromatic carbocycles. The fourth-order valence-corrected chi connectivity index (χ4v) is 2.61. The SMILES string of the molecule is Cc1ccc(C)c(C(C)Nc2c(C)cccc2Cl)c1. The van der Waals surface area contributed by atoms with Crippen LogP contribution in [0.25, 0.3) is 0 Å². The summed E-state index contributed by atoms with van der Waals surface area (Å²) in [5, 5.41) is 4.31. The molecule has 0 aliphatic carbocycles. The highest BCUT2D eigenvalue weighted by Crippen LogP contribution is 2.30. The largest absolute Gasteiger partial charge is 0.377 e. The summed E-state index contributed by atoms with van der Waals surface area (Å²) in [6, 6.07) is 12.8. The number of aryl methyl sites for hydroxylation is 3. The van der Waals surface area contributed by atoms with Gasteiger partial charge in [0.1, 0.15) is 0 Å². The van der Waals surface area contributed by atoms with Gasteiger partial charge in [0.15, 0.2) is 0 Å². The van der Waals surface area contributed by atoms with Gasteiger partial charge in [0, 0.05) is 6.04 Å². The summed E-state index contributed by atoms with van der Waals surface area (Å²) in [5.74, 6) is 0. The molecule has 0 saturated heterocycles. The number of rotatable bonds is 3. The van der Waals surface area contributed by atoms with E-state index >= 15 is 0 Å². The topological polar surface area (TPSA) is 12.0 Å². The number of nitrogens with one attached hydrogen (secondary N) is 1. The van der Waals surface area contributed by atoms with Crippen molar-refractivity contribution in [2.45, 2.75) is 33.7 Å². The van der Waals surface area contributed by atoms with E-state index < -0.39 is 0 Å². The lowest BCUT2D eigenvalue weighted by Gasteiger charge is -2.20. The van der Waals surface area contributed by atoms with Crippen LogP contribution in [0.5, 0.6) is 0 Å². The van der Waals surface area contributed by atoms with Crippen molar-refractivity contribution in [1.82, 2.24) is 0 Å². The lowest BCUT2D eigenvalue weighted by molar-refractivity contribution is 0.870. The highest BCUT2D eigenvalue weighted by atomic mass is 35.5. The Bertz CT molecular complexity index is 570. The van der Waals surface area contributed by atoms with E-state index in [2.05, 4.69) is 57.3 Å². The minimum atomic E-state index is 0.235. The van der Waals surface area contributed by atoms with Crippen molar-refractivity contribution in [2.75, 3.05) is 5.32 Å². The number of anilines is 1. The van der Waals surface area contributed by atoms with Gasteiger partial charge in [0.05, 0.1) is 10.7 Å². The van der Waals surface area contributed by atoms with E-state index in [4.69, 9.17) is 11.6 Å². The molecule has 0 spiro atoms. The van der Waals surface area contributed by atoms with Crippen LogP contribution in [-0.2, 0) is 0 Å². The summed E-state index contributed by atoms with van der Waals surface area (Å²) in [4.78, 5) is 0. The zero-order chi connectivity index (χ0) is 14.0. The second kappa shape index (κ2) is 5.66. The molecule has 19 heavy (non-hydrogen) atoms. The van der Waals surface area contributed by atoms with Crippen molar-refractivity contribution in [3.05, 3.63) is 63.7 Å². The molecule has 1 N–H and O–H groups in total. The summed E-state index contributed by atoms with van der Waals surface area (Å²) in [6.45, 7) is 8.51. The van der Waals surface area contributed by atoms with Crippen molar-refractivity contribution in [3.8, 4) is 0 Å². The maximum absolute atomic E-state index is 6.27. The molecule has 0 aliphatic heterocycles. The van der Waals surface area contributed by atoms with Gasteiger partial charge in [-0.1, -0.05) is 47.5 Å². The van der Waals surface area contributed by atoms with Crippen LogP contribution in [0.15, 0.2) is 36.4 Å². The number of halogens is 1. The average Bonchev–Trinajstić information content (AvgIpc) is 2.37. The maximum atomic E-state index is 6.27. The van der Waals surface area contributed by atoms with Crippen LogP contribution < -0.4 is 5.32 Å². The second-order valence-corrected chi connectivity index (χ2v) is 5.57. The van der Waals surface area contributed by atoms with Crippen LogP contribution in [0.4, 0.5) is 5.69 Å². The van der Waals surface area contributed by atoms with E-state index in [1.807, 2.05) is 12.1 Å². The lowest BCUT2D eigenvalue weighted by atomic mass is 9.99. The highest BCUT2D eigenvalue weighted by molar-refractivity contribution is 6.33. The van der Waals surface area contributed by atoms with Crippen molar-refractivity contribution < 1.29 is 0 Å². The molecule has 0 amide bonds. The van der Waals surface area contributed by atoms with Crippen molar-refractivity contribution >= 4 is 17.3 Å². The first kappa shape index (κ1) is 14.0. The molecule has 0 saturated carbocycles. The molecule has 0 radical (unpaired) electrons. The predicted molar refractivity (Wildman–Crippen MR) is 84.1 cm³/mol. The molecule has 1 nitrogen and oxygen atoms in total. The average molecular weight is 274 g/mol. The fourth-order valence-electron chi connectivity index (χ4n) is 2.34. The molecular weight excluding hydrogens is 254 g/mol. The fraction of sp³-hybridized carbons (Fsp3) is 0.294. The molecule has 1 atom stereocenters. The van der Waals surface area contributed by atoms with Gasteiger partial charge in [-0.15, -0.1) is 0 Å². The predicted octanol–water partition coefficient (Wildman–Crippen LogP) is 5.44. The zero-order valence-electron chi connectivity index (χ0n) is 11.9. The Morgan fingerprint density at radius 2 is 1.74 bits per heavy atom. The van der Waals surface area contributed by atoms with Gasteiger partial charge in [0.2, 0.25) is 0 Å². The highest BCUT2D eigenvalue weighted by Gasteiger charge is 2.11. The van der Waals surface area contributed by atoms with E-state index in [1.54, 1.807) is 0 Å². The Hall–Kier alpha value is -1.47. The molecule has 1 unspecified atom stereocenters. The smallest absolute Gasteiger partial charge is 0.0640 e. The number of hydrogen-bond donors (Lipinski definition) is 1. The van der Waals surface area contributed by atoms with Crippen LogP contribution in [0, 0.1) is 20.8 Å². The third-order valence-corrected chi connectivity index (χ3v) is 3.80. The van der Waals surface area contributed by atoms with E-state index in [9.17, 15) is 0 Å². The van der Waals surface area contributed by atoms with Crippen LogP contribution in [-0.4, -0.2) is 0 Å². The Labute approximate surface area is 120 Å². The molecule has 0 aliphatic rings. The Morgan fingerprint density at radius 1 is 1.00 bits per heavy atom. The van der Waals surface area contributed by atoms with Gasteiger partial charge in [-0.05, 0) is 50.5 Å². The van der Waals surface area contributed by atoms with Gasteiger partial charge in [-0.2, -0.15) is 0 Å². The zero-order valence-corrected chi connectivity index (χ0v) is 12.7. The molecule has 2 heteroatoms. The molecule has 0 bridgehead atoms. The third-order valence-electron chi connectivity index (χ3n) is 3.48. The van der Waals surface area contributed by atoms with Crippen LogP contribution in [0.2, 0.25) is 5.02 Å². The lowest BCUT2D eigenvalue weighted by Crippen LogP contribution is -2.09. The van der Waals surface area contributed by atoms with Gasteiger partial charge >= 0.3 is 0 Å². The summed E-state index contributed by atoms with van der Waals surface area (Å²) in [5.41, 5.74) is 6.10. The minimum Gasteiger partial charge on any atom is -0.377 e. The van der Waals surface area contributed by atoms with Gasteiger partial charge < -0.3 is 5.32 Å². The molecule has 2 rings (SSSR count). The number of hydrogen-bond acceptors (Lipinski definition) is 1. The summed E-state index contributed by atoms with van der Waals surface area (Å²) >= 11 is 6.27. The number of benzene rings is 2. The van der Waals surface area contributed by atoms with Crippen LogP contribution in [0.1, 0.15) is 35.2 Å². The van der Waals surface area contributed by atoms with Crippen LogP contribution in [0.3, 0.4) is 0 Å². The standard InChI is InChI=1S/C17H20ClN/c1-11-8-9-12(2)15(10-11)14(4)19-17-13(3)6-5-7-16(17)18/h5-10,14,19H,1-4H3. The van der Waals surface area contributed by atoms with Crippen LogP contribution >= 0.6 is 11.6 Å². The first-order valence-corrected chi connectivity index (χ1v) is 6.95. The van der Waals surface area contributed by atoms with Crippen molar-refractivity contribution in [1.29, 1.82) is 0 Å². The van der Waals surface area contributed by atoms with Crippen molar-refractivity contribution in [3.63, 3.8) is 0 Å². The monoisotopic (exact) mass is 273 g/mol. The molecule has 2 aromatic rings. The van der Waals surface area contributed by atoms with E-state index in [0.717, 1.165) is 10.7 Å². The Morgan fingerprint density at radius 3 is 2.42 bits per heavy atom. The number of para-hydroxylation sites is 1. The minimum absolute atomic E-state index is 0.235. The molecule has 0 fully saturated rings. The van der Waals surface area contributed by atoms with E-state index in [0.29, 0.717) is 0 Å². The van der Waals surface area contributed by atoms with Gasteiger partial charge in [-0.25, -0.2) is 0 Å². The summed E-state index contributed by atoms with van der Waals surface area (Å²) in [6.07, 6.45) is 0. The van der Waals surface area contributed by atoms with Gasteiger partial charge in [-0.3, -0.25) is 0 Å². The quantitative estimate of drug-likeness (QED) is 0.785. The normalized spacial score (nSPS) is 12.3. The Kier molecular flexibility index (Phi) is 4.16. The molecule has 0 heterocycles. The summed E-state index contributed by atoms with van der Waals surface area (Å²) in [7, 11) is 0. The first-order chi connectivity index (χ1) is 8.99. The van der Waals surface area contributed by atoms with E-state index in [1.165, 1.54) is 22.3 Å². The molecule has 0 aromatic heterocycles. The Balaban J connectivity index is 2.31. The van der Waals surface area contributed by atoms with Gasteiger partial charge in [0.25, 0.3) is 0 Å². The molecular formula is C17H20ClN. The summed E-state index contributed by atoms with van der Waals surface area (Å²) < 4.78 is 0. The first-order valence-electron chi connectivity index (χ1n) is 6.58. The molecule has 100 valence electrons. The second-order valence-electron chi connectivity index (χ2n) is 5.16. The van der Waals surface area contributed by atoms with Crippen molar-refractivity contribution in [2.24, 2.45) is 0 Å². The maximum Gasteiger partial charge on any atom is 0.0640 e.